The lowest BCUT2D eigenvalue weighted by atomic mass is 10.2. The Bertz CT molecular complexity index is 630. The molecule has 0 unspecified atom stereocenters. The molecule has 1 saturated heterocycles. The lowest BCUT2D eigenvalue weighted by Crippen LogP contribution is -2.41. The van der Waals surface area contributed by atoms with Gasteiger partial charge in [0.05, 0.1) is 4.91 Å². The van der Waals surface area contributed by atoms with E-state index in [-0.39, 0.29) is 4.32 Å². The molecule has 1 amide bonds. The van der Waals surface area contributed by atoms with Crippen LogP contribution in [0, 0.1) is 0 Å². The number of amides is 1. The van der Waals surface area contributed by atoms with E-state index in [1.807, 2.05) is 0 Å². The van der Waals surface area contributed by atoms with E-state index in [1.54, 1.807) is 30.3 Å². The highest BCUT2D eigenvalue weighted by atomic mass is 35.5. The number of carbonyl (C=O) groups excluding carboxylic acids is 1. The first kappa shape index (κ1) is 15.0. The number of halogens is 1. The number of benzene rings is 1. The Hall–Kier alpha value is -1.37. The summed E-state index contributed by atoms with van der Waals surface area (Å²) in [6.45, 7) is 1.43. The number of rotatable bonds is 3. The summed E-state index contributed by atoms with van der Waals surface area (Å²) >= 11 is 12.0. The minimum atomic E-state index is -1.09. The number of carboxylic acid groups (broad SMARTS) is 1. The summed E-state index contributed by atoms with van der Waals surface area (Å²) < 4.78 is 0.248. The van der Waals surface area contributed by atoms with Crippen molar-refractivity contribution < 1.29 is 14.7 Å². The van der Waals surface area contributed by atoms with Gasteiger partial charge in [-0.25, -0.2) is 4.79 Å². The SMILES string of the molecule is C[C@@H](C(=O)O)N1C(=O)/C(=C/c2cccc(Cl)c2)SC1=S. The van der Waals surface area contributed by atoms with Gasteiger partial charge in [0.25, 0.3) is 5.91 Å². The summed E-state index contributed by atoms with van der Waals surface area (Å²) in [6, 6.07) is 6.05. The third kappa shape index (κ3) is 3.03. The Balaban J connectivity index is 2.30. The second-order valence-electron chi connectivity index (χ2n) is 4.12. The van der Waals surface area contributed by atoms with Gasteiger partial charge >= 0.3 is 5.97 Å². The van der Waals surface area contributed by atoms with Crippen LogP contribution in [-0.2, 0) is 9.59 Å². The van der Waals surface area contributed by atoms with E-state index in [2.05, 4.69) is 0 Å². The van der Waals surface area contributed by atoms with Crippen LogP contribution in [0.15, 0.2) is 29.2 Å². The minimum Gasteiger partial charge on any atom is -0.480 e. The van der Waals surface area contributed by atoms with Gasteiger partial charge in [-0.2, -0.15) is 0 Å². The number of carboxylic acids is 1. The van der Waals surface area contributed by atoms with E-state index in [1.165, 1.54) is 6.92 Å². The van der Waals surface area contributed by atoms with Crippen molar-refractivity contribution in [3.05, 3.63) is 39.8 Å². The highest BCUT2D eigenvalue weighted by Gasteiger charge is 2.38. The van der Waals surface area contributed by atoms with Gasteiger partial charge in [0.2, 0.25) is 0 Å². The summed E-state index contributed by atoms with van der Waals surface area (Å²) in [7, 11) is 0. The van der Waals surface area contributed by atoms with Crippen molar-refractivity contribution in [2.75, 3.05) is 0 Å². The average Bonchev–Trinajstić information content (AvgIpc) is 2.63. The quantitative estimate of drug-likeness (QED) is 0.683. The zero-order valence-electron chi connectivity index (χ0n) is 10.4. The Kier molecular flexibility index (Phi) is 4.47. The van der Waals surface area contributed by atoms with Crippen molar-refractivity contribution in [3.63, 3.8) is 0 Å². The Labute approximate surface area is 130 Å². The van der Waals surface area contributed by atoms with E-state index in [4.69, 9.17) is 28.9 Å². The lowest BCUT2D eigenvalue weighted by molar-refractivity contribution is -0.144. The number of nitrogens with zero attached hydrogens (tertiary/aromatic N) is 1. The second-order valence-corrected chi connectivity index (χ2v) is 6.23. The van der Waals surface area contributed by atoms with Crippen molar-refractivity contribution in [2.24, 2.45) is 0 Å². The average molecular weight is 328 g/mol. The van der Waals surface area contributed by atoms with Crippen LogP contribution in [0.3, 0.4) is 0 Å². The molecular weight excluding hydrogens is 318 g/mol. The van der Waals surface area contributed by atoms with Crippen molar-refractivity contribution in [1.29, 1.82) is 0 Å². The van der Waals surface area contributed by atoms with E-state index in [0.29, 0.717) is 9.93 Å². The maximum Gasteiger partial charge on any atom is 0.326 e. The molecular formula is C13H10ClNO3S2. The molecule has 1 aliphatic heterocycles. The predicted octanol–water partition coefficient (Wildman–Crippen LogP) is 3.01. The van der Waals surface area contributed by atoms with Crippen LogP contribution in [0.25, 0.3) is 6.08 Å². The van der Waals surface area contributed by atoms with Gasteiger partial charge < -0.3 is 5.11 Å². The van der Waals surface area contributed by atoms with Gasteiger partial charge in [-0.15, -0.1) is 0 Å². The highest BCUT2D eigenvalue weighted by molar-refractivity contribution is 8.26. The highest BCUT2D eigenvalue weighted by Crippen LogP contribution is 2.34. The summed E-state index contributed by atoms with van der Waals surface area (Å²) in [4.78, 5) is 24.7. The summed E-state index contributed by atoms with van der Waals surface area (Å²) in [5.41, 5.74) is 0.765. The fraction of sp³-hybridized carbons (Fsp3) is 0.154. The number of hydrogen-bond acceptors (Lipinski definition) is 4. The topological polar surface area (TPSA) is 57.6 Å². The Morgan fingerprint density at radius 1 is 1.55 bits per heavy atom. The summed E-state index contributed by atoms with van der Waals surface area (Å²) in [6.07, 6.45) is 1.65. The van der Waals surface area contributed by atoms with Crippen LogP contribution in [0.5, 0.6) is 0 Å². The maximum atomic E-state index is 12.2. The first-order valence-electron chi connectivity index (χ1n) is 5.65. The third-order valence-corrected chi connectivity index (χ3v) is 4.28. The van der Waals surface area contributed by atoms with Crippen LogP contribution in [-0.4, -0.2) is 32.2 Å². The third-order valence-electron chi connectivity index (χ3n) is 2.71. The lowest BCUT2D eigenvalue weighted by Gasteiger charge is -2.18. The maximum absolute atomic E-state index is 12.2. The van der Waals surface area contributed by atoms with Crippen LogP contribution in [0.2, 0.25) is 5.02 Å². The molecule has 7 heteroatoms. The van der Waals surface area contributed by atoms with Gasteiger partial charge in [-0.3, -0.25) is 9.69 Å². The molecule has 1 N–H and O–H groups in total. The molecule has 2 rings (SSSR count). The fourth-order valence-electron chi connectivity index (χ4n) is 1.67. The van der Waals surface area contributed by atoms with Crippen LogP contribution < -0.4 is 0 Å². The van der Waals surface area contributed by atoms with Gasteiger partial charge in [0.1, 0.15) is 10.4 Å². The first-order valence-corrected chi connectivity index (χ1v) is 7.26. The van der Waals surface area contributed by atoms with E-state index in [0.717, 1.165) is 22.2 Å². The van der Waals surface area contributed by atoms with Gasteiger partial charge in [0.15, 0.2) is 0 Å². The Morgan fingerprint density at radius 2 is 2.25 bits per heavy atom. The largest absolute Gasteiger partial charge is 0.480 e. The molecule has 0 aliphatic carbocycles. The van der Waals surface area contributed by atoms with Gasteiger partial charge in [-0.1, -0.05) is 47.7 Å². The molecule has 104 valence electrons. The zero-order chi connectivity index (χ0) is 14.9. The van der Waals surface area contributed by atoms with Crippen LogP contribution in [0.4, 0.5) is 0 Å². The fourth-order valence-corrected chi connectivity index (χ4v) is 3.29. The summed E-state index contributed by atoms with van der Waals surface area (Å²) in [5.74, 6) is -1.49. The molecule has 0 aromatic heterocycles. The number of carbonyl (C=O) groups is 2. The number of thioether (sulfide) groups is 1. The van der Waals surface area contributed by atoms with Gasteiger partial charge in [0, 0.05) is 5.02 Å². The smallest absolute Gasteiger partial charge is 0.326 e. The van der Waals surface area contributed by atoms with Crippen molar-refractivity contribution in [1.82, 2.24) is 4.90 Å². The van der Waals surface area contributed by atoms with Crippen molar-refractivity contribution >= 4 is 57.9 Å². The predicted molar refractivity (Wildman–Crippen MR) is 83.6 cm³/mol. The molecule has 1 atom stereocenters. The molecule has 1 aliphatic rings. The Morgan fingerprint density at radius 3 is 2.85 bits per heavy atom. The summed E-state index contributed by atoms with van der Waals surface area (Å²) in [5, 5.41) is 9.55. The molecule has 1 heterocycles. The molecule has 20 heavy (non-hydrogen) atoms. The van der Waals surface area contributed by atoms with E-state index in [9.17, 15) is 9.59 Å². The minimum absolute atomic E-state index is 0.248. The monoisotopic (exact) mass is 327 g/mol. The molecule has 0 bridgehead atoms. The molecule has 0 spiro atoms. The molecule has 0 saturated carbocycles. The van der Waals surface area contributed by atoms with Crippen LogP contribution >= 0.6 is 35.6 Å². The second kappa shape index (κ2) is 5.95. The molecule has 1 aromatic carbocycles. The van der Waals surface area contributed by atoms with E-state index < -0.39 is 17.9 Å². The standard InChI is InChI=1S/C13H10ClNO3S2/c1-7(12(17)18)15-11(16)10(20-13(15)19)6-8-3-2-4-9(14)5-8/h2-7H,1H3,(H,17,18)/b10-6-/t7-/m0/s1. The van der Waals surface area contributed by atoms with E-state index >= 15 is 0 Å². The van der Waals surface area contributed by atoms with Gasteiger partial charge in [-0.05, 0) is 30.7 Å². The normalized spacial score (nSPS) is 18.7. The van der Waals surface area contributed by atoms with Crippen molar-refractivity contribution in [3.8, 4) is 0 Å². The molecule has 4 nitrogen and oxygen atoms in total. The molecule has 0 radical (unpaired) electrons. The number of aliphatic carboxylic acids is 1. The number of hydrogen-bond donors (Lipinski definition) is 1. The van der Waals surface area contributed by atoms with Crippen molar-refractivity contribution in [2.45, 2.75) is 13.0 Å². The van der Waals surface area contributed by atoms with Crippen LogP contribution in [0.1, 0.15) is 12.5 Å². The zero-order valence-corrected chi connectivity index (χ0v) is 12.8. The molecule has 1 aromatic rings. The number of thiocarbonyl (C=S) groups is 1. The molecule has 1 fully saturated rings. The first-order chi connectivity index (χ1) is 9.40.